The van der Waals surface area contributed by atoms with Crippen molar-refractivity contribution in [2.45, 2.75) is 45.5 Å². The lowest BCUT2D eigenvalue weighted by Crippen LogP contribution is -2.35. The van der Waals surface area contributed by atoms with Crippen LogP contribution < -0.4 is 0 Å². The van der Waals surface area contributed by atoms with Crippen LogP contribution in [0.15, 0.2) is 24.3 Å². The number of benzene rings is 1. The lowest BCUT2D eigenvalue weighted by atomic mass is 9.95. The number of ether oxygens (including phenoxy) is 2. The maximum atomic E-state index is 10.8. The van der Waals surface area contributed by atoms with Crippen LogP contribution in [-0.4, -0.2) is 17.6 Å². The Morgan fingerprint density at radius 3 is 2.85 bits per heavy atom. The van der Waals surface area contributed by atoms with Gasteiger partial charge < -0.3 is 9.47 Å². The Balaban J connectivity index is 2.13. The lowest BCUT2D eigenvalue weighted by Gasteiger charge is -2.36. The molecule has 5 heteroatoms. The molecule has 1 aromatic carbocycles. The molecule has 0 amide bonds. The van der Waals surface area contributed by atoms with E-state index in [4.69, 9.17) is 9.47 Å². The molecule has 1 aliphatic heterocycles. The molecule has 0 aliphatic carbocycles. The van der Waals surface area contributed by atoms with Gasteiger partial charge in [0.05, 0.1) is 17.6 Å². The minimum Gasteiger partial charge on any atom is -0.348 e. The fraction of sp³-hybridized carbons (Fsp3) is 0.600. The molecule has 1 fully saturated rings. The monoisotopic (exact) mass is 279 g/mol. The van der Waals surface area contributed by atoms with Gasteiger partial charge in [-0.05, 0) is 12.8 Å². The number of nitro benzene ring substituents is 1. The summed E-state index contributed by atoms with van der Waals surface area (Å²) in [5, 5.41) is 10.8. The van der Waals surface area contributed by atoms with Crippen LogP contribution in [0.25, 0.3) is 0 Å². The minimum absolute atomic E-state index is 0.0688. The van der Waals surface area contributed by atoms with E-state index in [2.05, 4.69) is 13.8 Å². The second kappa shape index (κ2) is 6.81. The van der Waals surface area contributed by atoms with Crippen molar-refractivity contribution in [3.8, 4) is 0 Å². The Morgan fingerprint density at radius 2 is 2.20 bits per heavy atom. The molecule has 2 rings (SSSR count). The summed E-state index contributed by atoms with van der Waals surface area (Å²) < 4.78 is 11.7. The highest BCUT2D eigenvalue weighted by molar-refractivity contribution is 5.34. The van der Waals surface area contributed by atoms with E-state index in [0.29, 0.717) is 12.5 Å². The van der Waals surface area contributed by atoms with Gasteiger partial charge >= 0.3 is 0 Å². The Bertz CT molecular complexity index is 463. The van der Waals surface area contributed by atoms with Gasteiger partial charge in [-0.15, -0.1) is 0 Å². The van der Waals surface area contributed by atoms with Crippen LogP contribution in [0.1, 0.15) is 45.0 Å². The Labute approximate surface area is 119 Å². The molecular formula is C15H21NO4. The highest BCUT2D eigenvalue weighted by Gasteiger charge is 2.31. The molecule has 1 aliphatic rings. The van der Waals surface area contributed by atoms with Crippen molar-refractivity contribution in [2.75, 3.05) is 6.61 Å². The molecule has 0 aromatic heterocycles. The molecule has 20 heavy (non-hydrogen) atoms. The van der Waals surface area contributed by atoms with E-state index in [1.165, 1.54) is 12.1 Å². The first-order valence-electron chi connectivity index (χ1n) is 7.17. The number of rotatable bonds is 5. The van der Waals surface area contributed by atoms with Crippen LogP contribution in [0.4, 0.5) is 5.69 Å². The zero-order chi connectivity index (χ0) is 14.5. The smallest absolute Gasteiger partial charge is 0.269 e. The maximum Gasteiger partial charge on any atom is 0.269 e. The average Bonchev–Trinajstić information content (AvgIpc) is 2.47. The Morgan fingerprint density at radius 1 is 1.40 bits per heavy atom. The third-order valence-corrected chi connectivity index (χ3v) is 3.74. The first-order chi connectivity index (χ1) is 9.65. The minimum atomic E-state index is -0.491. The molecule has 1 saturated heterocycles. The van der Waals surface area contributed by atoms with Gasteiger partial charge in [-0.2, -0.15) is 0 Å². The van der Waals surface area contributed by atoms with Crippen molar-refractivity contribution in [3.05, 3.63) is 39.9 Å². The lowest BCUT2D eigenvalue weighted by molar-refractivity contribution is -0.385. The van der Waals surface area contributed by atoms with Crippen molar-refractivity contribution < 1.29 is 14.4 Å². The van der Waals surface area contributed by atoms with E-state index in [-0.39, 0.29) is 11.8 Å². The zero-order valence-electron chi connectivity index (χ0n) is 12.0. The largest absolute Gasteiger partial charge is 0.348 e. The molecule has 0 bridgehead atoms. The molecule has 1 heterocycles. The van der Waals surface area contributed by atoms with E-state index < -0.39 is 11.2 Å². The molecule has 0 unspecified atom stereocenters. The number of nitro groups is 1. The van der Waals surface area contributed by atoms with E-state index in [1.54, 1.807) is 6.07 Å². The molecule has 110 valence electrons. The van der Waals surface area contributed by atoms with Crippen molar-refractivity contribution in [2.24, 2.45) is 5.92 Å². The van der Waals surface area contributed by atoms with Crippen LogP contribution in [-0.2, 0) is 9.47 Å². The normalized spacial score (nSPS) is 26.4. The Hall–Kier alpha value is -1.46. The van der Waals surface area contributed by atoms with Gasteiger partial charge in [0.25, 0.3) is 5.69 Å². The first kappa shape index (κ1) is 14.9. The Kier molecular flexibility index (Phi) is 5.09. The number of hydrogen-bond acceptors (Lipinski definition) is 4. The van der Waals surface area contributed by atoms with E-state index in [9.17, 15) is 10.1 Å². The summed E-state index contributed by atoms with van der Waals surface area (Å²) in [7, 11) is 0. The fourth-order valence-electron chi connectivity index (χ4n) is 2.56. The first-order valence-corrected chi connectivity index (χ1v) is 7.17. The van der Waals surface area contributed by atoms with Gasteiger partial charge in [0.15, 0.2) is 6.29 Å². The zero-order valence-corrected chi connectivity index (χ0v) is 12.0. The maximum absolute atomic E-state index is 10.8. The summed E-state index contributed by atoms with van der Waals surface area (Å²) in [6, 6.07) is 6.48. The van der Waals surface area contributed by atoms with Gasteiger partial charge in [0.1, 0.15) is 0 Å². The SMILES string of the molecule is CCC[C@@H]1O[C@@H](c2cccc([N+](=O)[O-])c2)OC[C@H]1CC. The summed E-state index contributed by atoms with van der Waals surface area (Å²) >= 11 is 0. The van der Waals surface area contributed by atoms with Crippen molar-refractivity contribution in [1.82, 2.24) is 0 Å². The standard InChI is InChI=1S/C15H21NO4/c1-3-6-14-11(4-2)10-19-15(20-14)12-7-5-8-13(9-12)16(17)18/h5,7-9,11,14-15H,3-4,6,10H2,1-2H3/t11-,14+,15+/m1/s1. The second-order valence-corrected chi connectivity index (χ2v) is 5.15. The highest BCUT2D eigenvalue weighted by Crippen LogP contribution is 2.33. The van der Waals surface area contributed by atoms with Crippen LogP contribution in [0, 0.1) is 16.0 Å². The van der Waals surface area contributed by atoms with Crippen LogP contribution in [0.2, 0.25) is 0 Å². The quantitative estimate of drug-likeness (QED) is 0.607. The summed E-state index contributed by atoms with van der Waals surface area (Å²) in [5.41, 5.74) is 0.786. The molecule has 1 aromatic rings. The summed E-state index contributed by atoms with van der Waals surface area (Å²) in [5.74, 6) is 0.407. The van der Waals surface area contributed by atoms with Crippen LogP contribution in [0.3, 0.4) is 0 Å². The topological polar surface area (TPSA) is 61.6 Å². The fourth-order valence-corrected chi connectivity index (χ4v) is 2.56. The molecular weight excluding hydrogens is 258 g/mol. The van der Waals surface area contributed by atoms with Crippen LogP contribution >= 0.6 is 0 Å². The van der Waals surface area contributed by atoms with Gasteiger partial charge in [-0.25, -0.2) is 0 Å². The molecule has 0 radical (unpaired) electrons. The number of non-ortho nitro benzene ring substituents is 1. The van der Waals surface area contributed by atoms with Crippen molar-refractivity contribution >= 4 is 5.69 Å². The molecule has 0 saturated carbocycles. The third-order valence-electron chi connectivity index (χ3n) is 3.74. The van der Waals surface area contributed by atoms with Gasteiger partial charge in [0, 0.05) is 23.6 Å². The van der Waals surface area contributed by atoms with E-state index in [1.807, 2.05) is 6.07 Å². The van der Waals surface area contributed by atoms with Gasteiger partial charge in [-0.1, -0.05) is 32.4 Å². The second-order valence-electron chi connectivity index (χ2n) is 5.15. The van der Waals surface area contributed by atoms with Gasteiger partial charge in [-0.3, -0.25) is 10.1 Å². The summed E-state index contributed by atoms with van der Waals surface area (Å²) in [4.78, 5) is 10.4. The summed E-state index contributed by atoms with van der Waals surface area (Å²) in [6.45, 7) is 4.91. The van der Waals surface area contributed by atoms with E-state index in [0.717, 1.165) is 24.8 Å². The van der Waals surface area contributed by atoms with Crippen molar-refractivity contribution in [1.29, 1.82) is 0 Å². The molecule has 0 spiro atoms. The van der Waals surface area contributed by atoms with Crippen molar-refractivity contribution in [3.63, 3.8) is 0 Å². The number of nitrogens with zero attached hydrogens (tertiary/aromatic N) is 1. The summed E-state index contributed by atoms with van der Waals surface area (Å²) in [6.07, 6.45) is 2.75. The molecule has 5 nitrogen and oxygen atoms in total. The molecule has 3 atom stereocenters. The third kappa shape index (κ3) is 3.35. The number of hydrogen-bond donors (Lipinski definition) is 0. The van der Waals surface area contributed by atoms with Gasteiger partial charge in [0.2, 0.25) is 0 Å². The highest BCUT2D eigenvalue weighted by atomic mass is 16.7. The average molecular weight is 279 g/mol. The van der Waals surface area contributed by atoms with Crippen LogP contribution in [0.5, 0.6) is 0 Å². The van der Waals surface area contributed by atoms with E-state index >= 15 is 0 Å². The predicted octanol–water partition coefficient (Wildman–Crippen LogP) is 3.84. The predicted molar refractivity (Wildman–Crippen MR) is 75.4 cm³/mol. The molecule has 0 N–H and O–H groups in total.